The van der Waals surface area contributed by atoms with Crippen molar-refractivity contribution < 1.29 is 9.47 Å². The Kier molecular flexibility index (Phi) is 6.69. The Hall–Kier alpha value is 0.790. The highest BCUT2D eigenvalue weighted by atomic mass is 35.6. The zero-order valence-electron chi connectivity index (χ0n) is 7.02. The number of halogens is 3. The molecule has 0 fully saturated rings. The van der Waals surface area contributed by atoms with Gasteiger partial charge in [-0.1, -0.05) is 34.8 Å². The van der Waals surface area contributed by atoms with Gasteiger partial charge in [-0.3, -0.25) is 0 Å². The van der Waals surface area contributed by atoms with E-state index in [4.69, 9.17) is 44.3 Å². The van der Waals surface area contributed by atoms with Crippen LogP contribution in [0.3, 0.4) is 0 Å². The van der Waals surface area contributed by atoms with Crippen molar-refractivity contribution >= 4 is 34.8 Å². The van der Waals surface area contributed by atoms with E-state index in [9.17, 15) is 0 Å². The van der Waals surface area contributed by atoms with Crippen LogP contribution in [0.1, 0.15) is 20.3 Å². The molecule has 0 aromatic rings. The molecular weight excluding hydrogens is 222 g/mol. The van der Waals surface area contributed by atoms with E-state index in [0.717, 1.165) is 0 Å². The molecule has 1 unspecified atom stereocenters. The summed E-state index contributed by atoms with van der Waals surface area (Å²) in [5.74, 6) is 0. The molecule has 2 nitrogen and oxygen atoms in total. The van der Waals surface area contributed by atoms with Gasteiger partial charge in [0.1, 0.15) is 0 Å². The Balaban J connectivity index is 3.31. The average Bonchev–Trinajstić information content (AvgIpc) is 1.84. The fourth-order valence-corrected chi connectivity index (χ4v) is 0.803. The number of alkyl halides is 3. The fraction of sp³-hybridized carbons (Fsp3) is 0.857. The Bertz CT molecular complexity index is 114. The lowest BCUT2D eigenvalue weighted by Gasteiger charge is -2.14. The SMILES string of the molecule is C[CH]OC(C)OCCC(Cl)(Cl)Cl. The van der Waals surface area contributed by atoms with Crippen LogP contribution in [-0.4, -0.2) is 16.7 Å². The molecule has 0 saturated heterocycles. The molecule has 0 amide bonds. The smallest absolute Gasteiger partial charge is 0.192 e. The Morgan fingerprint density at radius 3 is 2.42 bits per heavy atom. The Labute approximate surface area is 88.1 Å². The largest absolute Gasteiger partial charge is 0.353 e. The second kappa shape index (κ2) is 6.28. The number of rotatable bonds is 5. The summed E-state index contributed by atoms with van der Waals surface area (Å²) in [5, 5.41) is 0. The Morgan fingerprint density at radius 1 is 1.42 bits per heavy atom. The van der Waals surface area contributed by atoms with Gasteiger partial charge in [-0.05, 0) is 13.8 Å². The van der Waals surface area contributed by atoms with E-state index >= 15 is 0 Å². The van der Waals surface area contributed by atoms with Crippen LogP contribution in [0.4, 0.5) is 0 Å². The molecule has 0 spiro atoms. The molecule has 0 rings (SSSR count). The molecule has 0 aliphatic carbocycles. The monoisotopic (exact) mass is 233 g/mol. The van der Waals surface area contributed by atoms with Gasteiger partial charge in [-0.15, -0.1) is 0 Å². The summed E-state index contributed by atoms with van der Waals surface area (Å²) in [6.07, 6.45) is 0.0667. The standard InChI is InChI=1S/C7H12Cl3O2/c1-3-11-6(2)12-5-4-7(8,9)10/h3,6H,4-5H2,1-2H3. The minimum absolute atomic E-state index is 0.289. The molecule has 0 aromatic carbocycles. The van der Waals surface area contributed by atoms with Crippen LogP contribution < -0.4 is 0 Å². The topological polar surface area (TPSA) is 18.5 Å². The number of hydrogen-bond acceptors (Lipinski definition) is 2. The number of ether oxygens (including phenoxy) is 2. The van der Waals surface area contributed by atoms with E-state index < -0.39 is 3.79 Å². The van der Waals surface area contributed by atoms with Gasteiger partial charge in [-0.25, -0.2) is 0 Å². The first kappa shape index (κ1) is 12.8. The lowest BCUT2D eigenvalue weighted by atomic mass is 10.5. The average molecular weight is 235 g/mol. The van der Waals surface area contributed by atoms with Crippen LogP contribution in [-0.2, 0) is 9.47 Å². The zero-order chi connectivity index (χ0) is 9.61. The molecule has 12 heavy (non-hydrogen) atoms. The van der Waals surface area contributed by atoms with Crippen LogP contribution in [0.2, 0.25) is 0 Å². The first-order chi connectivity index (χ1) is 5.45. The van der Waals surface area contributed by atoms with E-state index in [0.29, 0.717) is 13.0 Å². The highest BCUT2D eigenvalue weighted by Crippen LogP contribution is 2.29. The van der Waals surface area contributed by atoms with E-state index in [-0.39, 0.29) is 6.29 Å². The van der Waals surface area contributed by atoms with Crippen LogP contribution in [0.15, 0.2) is 0 Å². The second-order valence-electron chi connectivity index (χ2n) is 2.18. The minimum Gasteiger partial charge on any atom is -0.353 e. The van der Waals surface area contributed by atoms with Crippen molar-refractivity contribution in [3.8, 4) is 0 Å². The molecule has 0 aliphatic heterocycles. The van der Waals surface area contributed by atoms with Gasteiger partial charge < -0.3 is 9.47 Å². The molecule has 0 heterocycles. The summed E-state index contributed by atoms with van der Waals surface area (Å²) in [7, 11) is 0. The minimum atomic E-state index is -1.24. The summed E-state index contributed by atoms with van der Waals surface area (Å²) in [4.78, 5) is 0. The molecule has 0 bridgehead atoms. The van der Waals surface area contributed by atoms with Gasteiger partial charge >= 0.3 is 0 Å². The molecule has 0 aliphatic rings. The lowest BCUT2D eigenvalue weighted by molar-refractivity contribution is -0.107. The summed E-state index contributed by atoms with van der Waals surface area (Å²) in [6.45, 7) is 5.47. The third-order valence-electron chi connectivity index (χ3n) is 1.07. The molecule has 1 radical (unpaired) electrons. The van der Waals surface area contributed by atoms with E-state index in [1.54, 1.807) is 20.5 Å². The third-order valence-corrected chi connectivity index (χ3v) is 1.63. The summed E-state index contributed by atoms with van der Waals surface area (Å²) in [6, 6.07) is 0. The molecule has 1 atom stereocenters. The van der Waals surface area contributed by atoms with Gasteiger partial charge in [0.05, 0.1) is 13.2 Å². The first-order valence-corrected chi connectivity index (χ1v) is 4.70. The van der Waals surface area contributed by atoms with Gasteiger partial charge in [-0.2, -0.15) is 0 Å². The van der Waals surface area contributed by atoms with Gasteiger partial charge in [0, 0.05) is 6.42 Å². The maximum Gasteiger partial charge on any atom is 0.192 e. The van der Waals surface area contributed by atoms with E-state index in [1.807, 2.05) is 0 Å². The van der Waals surface area contributed by atoms with Gasteiger partial charge in [0.2, 0.25) is 0 Å². The quantitative estimate of drug-likeness (QED) is 0.537. The van der Waals surface area contributed by atoms with Crippen molar-refractivity contribution in [1.29, 1.82) is 0 Å². The molecule has 0 N–H and O–H groups in total. The highest BCUT2D eigenvalue weighted by molar-refractivity contribution is 6.67. The maximum absolute atomic E-state index is 5.50. The molecule has 73 valence electrons. The first-order valence-electron chi connectivity index (χ1n) is 3.57. The van der Waals surface area contributed by atoms with Crippen molar-refractivity contribution in [1.82, 2.24) is 0 Å². The zero-order valence-corrected chi connectivity index (χ0v) is 9.29. The van der Waals surface area contributed by atoms with Crippen LogP contribution in [0.5, 0.6) is 0 Å². The van der Waals surface area contributed by atoms with Crippen molar-refractivity contribution in [2.75, 3.05) is 6.61 Å². The van der Waals surface area contributed by atoms with E-state index in [1.165, 1.54) is 0 Å². The summed E-state index contributed by atoms with van der Waals surface area (Å²) < 4.78 is 8.89. The van der Waals surface area contributed by atoms with Crippen molar-refractivity contribution in [3.63, 3.8) is 0 Å². The van der Waals surface area contributed by atoms with Crippen LogP contribution in [0.25, 0.3) is 0 Å². The normalized spacial score (nSPS) is 14.8. The van der Waals surface area contributed by atoms with E-state index in [2.05, 4.69) is 0 Å². The third kappa shape index (κ3) is 8.88. The van der Waals surface area contributed by atoms with Crippen molar-refractivity contribution in [2.45, 2.75) is 30.4 Å². The summed E-state index contributed by atoms with van der Waals surface area (Å²) >= 11 is 16.5. The van der Waals surface area contributed by atoms with Gasteiger partial charge in [0.15, 0.2) is 10.1 Å². The maximum atomic E-state index is 5.50. The second-order valence-corrected chi connectivity index (χ2v) is 4.69. The highest BCUT2D eigenvalue weighted by Gasteiger charge is 2.19. The van der Waals surface area contributed by atoms with Crippen molar-refractivity contribution in [3.05, 3.63) is 6.61 Å². The van der Waals surface area contributed by atoms with Crippen molar-refractivity contribution in [2.24, 2.45) is 0 Å². The molecule has 5 heteroatoms. The fourth-order valence-electron chi connectivity index (χ4n) is 0.572. The predicted octanol–water partition coefficient (Wildman–Crippen LogP) is 3.31. The molecular formula is C7H12Cl3O2. The predicted molar refractivity (Wildman–Crippen MR) is 51.4 cm³/mol. The molecule has 0 saturated carbocycles. The van der Waals surface area contributed by atoms with Crippen LogP contribution >= 0.6 is 34.8 Å². The molecule has 0 aromatic heterocycles. The Morgan fingerprint density at radius 2 is 2.00 bits per heavy atom. The van der Waals surface area contributed by atoms with Gasteiger partial charge in [0.25, 0.3) is 0 Å². The number of hydrogen-bond donors (Lipinski definition) is 0. The van der Waals surface area contributed by atoms with Crippen LogP contribution in [0, 0.1) is 6.61 Å². The summed E-state index contributed by atoms with van der Waals surface area (Å²) in [5.41, 5.74) is 0. The lowest BCUT2D eigenvalue weighted by Crippen LogP contribution is -2.15.